The van der Waals surface area contributed by atoms with Gasteiger partial charge in [0.25, 0.3) is 5.91 Å². The summed E-state index contributed by atoms with van der Waals surface area (Å²) in [6.45, 7) is 6.81. The highest BCUT2D eigenvalue weighted by molar-refractivity contribution is 7.05. The van der Waals surface area contributed by atoms with E-state index in [0.29, 0.717) is 25.2 Å². The number of amides is 2. The van der Waals surface area contributed by atoms with Crippen molar-refractivity contribution in [1.82, 2.24) is 19.4 Å². The molecule has 0 unspecified atom stereocenters. The molecule has 0 N–H and O–H groups in total. The first-order valence-electron chi connectivity index (χ1n) is 7.13. The largest absolute Gasteiger partial charge is 0.334 e. The van der Waals surface area contributed by atoms with E-state index in [1.807, 2.05) is 16.7 Å². The lowest BCUT2D eigenvalue weighted by atomic mass is 9.96. The molecule has 1 aromatic heterocycles. The van der Waals surface area contributed by atoms with E-state index in [9.17, 15) is 9.59 Å². The normalized spacial score (nSPS) is 25.1. The van der Waals surface area contributed by atoms with Crippen molar-refractivity contribution in [2.75, 3.05) is 13.1 Å². The van der Waals surface area contributed by atoms with Crippen molar-refractivity contribution < 1.29 is 9.59 Å². The van der Waals surface area contributed by atoms with Crippen molar-refractivity contribution in [2.24, 2.45) is 0 Å². The van der Waals surface area contributed by atoms with Crippen molar-refractivity contribution in [2.45, 2.75) is 38.3 Å². The predicted octanol–water partition coefficient (Wildman–Crippen LogP) is 1.24. The Hall–Kier alpha value is -1.76. The highest BCUT2D eigenvalue weighted by Crippen LogP contribution is 2.32. The molecule has 3 heterocycles. The van der Waals surface area contributed by atoms with Gasteiger partial charge < -0.3 is 9.80 Å². The molecule has 0 bridgehead atoms. The highest BCUT2D eigenvalue weighted by Gasteiger charge is 2.45. The topological polar surface area (TPSA) is 66.4 Å². The van der Waals surface area contributed by atoms with E-state index in [4.69, 9.17) is 0 Å². The van der Waals surface area contributed by atoms with Crippen LogP contribution < -0.4 is 0 Å². The summed E-state index contributed by atoms with van der Waals surface area (Å²) in [6, 6.07) is 0.205. The van der Waals surface area contributed by atoms with E-state index in [0.717, 1.165) is 17.7 Å². The average Bonchev–Trinajstić information content (AvgIpc) is 3.07. The fraction of sp³-hybridized carbons (Fsp3) is 0.571. The minimum absolute atomic E-state index is 0.0540. The monoisotopic (exact) mass is 306 g/mol. The molecule has 7 heteroatoms. The summed E-state index contributed by atoms with van der Waals surface area (Å²) >= 11 is 1.24. The Morgan fingerprint density at radius 1 is 1.48 bits per heavy atom. The Balaban J connectivity index is 1.81. The molecule has 0 radical (unpaired) electrons. The van der Waals surface area contributed by atoms with Gasteiger partial charge in [0.2, 0.25) is 5.91 Å². The summed E-state index contributed by atoms with van der Waals surface area (Å²) in [6.07, 6.45) is 3.80. The van der Waals surface area contributed by atoms with Crippen LogP contribution in [-0.2, 0) is 4.79 Å². The number of nitrogens with zero attached hydrogens (tertiary/aromatic N) is 4. The number of aromatic nitrogens is 2. The maximum absolute atomic E-state index is 12.6. The summed E-state index contributed by atoms with van der Waals surface area (Å²) in [5, 5.41) is 3.95. The lowest BCUT2D eigenvalue weighted by molar-refractivity contribution is -0.136. The van der Waals surface area contributed by atoms with E-state index in [1.54, 1.807) is 6.08 Å². The number of carbonyl (C=O) groups is 2. The zero-order valence-electron chi connectivity index (χ0n) is 12.0. The predicted molar refractivity (Wildman–Crippen MR) is 79.0 cm³/mol. The van der Waals surface area contributed by atoms with Crippen molar-refractivity contribution in [3.63, 3.8) is 0 Å². The summed E-state index contributed by atoms with van der Waals surface area (Å²) < 4.78 is 3.84. The zero-order valence-corrected chi connectivity index (χ0v) is 12.8. The number of fused-ring (bicyclic) bond motifs is 1. The van der Waals surface area contributed by atoms with Crippen LogP contribution in [0.25, 0.3) is 0 Å². The van der Waals surface area contributed by atoms with Gasteiger partial charge in [0, 0.05) is 19.5 Å². The quantitative estimate of drug-likeness (QED) is 0.788. The second-order valence-electron chi connectivity index (χ2n) is 5.47. The smallest absolute Gasteiger partial charge is 0.275 e. The van der Waals surface area contributed by atoms with Gasteiger partial charge in [-0.25, -0.2) is 0 Å². The molecule has 2 aliphatic heterocycles. The molecule has 21 heavy (non-hydrogen) atoms. The number of carbonyl (C=O) groups excluding carboxylic acids is 2. The van der Waals surface area contributed by atoms with Crippen LogP contribution in [0.2, 0.25) is 0 Å². The average molecular weight is 306 g/mol. The van der Waals surface area contributed by atoms with Gasteiger partial charge in [-0.2, -0.15) is 0 Å². The Morgan fingerprint density at radius 2 is 2.29 bits per heavy atom. The third kappa shape index (κ3) is 2.35. The number of hydrogen-bond donors (Lipinski definition) is 0. The van der Waals surface area contributed by atoms with Crippen LogP contribution in [0.4, 0.5) is 0 Å². The van der Waals surface area contributed by atoms with Gasteiger partial charge >= 0.3 is 0 Å². The second-order valence-corrected chi connectivity index (χ2v) is 6.43. The molecule has 2 amide bonds. The van der Waals surface area contributed by atoms with Gasteiger partial charge in [-0.3, -0.25) is 9.59 Å². The van der Waals surface area contributed by atoms with E-state index in [-0.39, 0.29) is 23.9 Å². The molecule has 0 aromatic carbocycles. The van der Waals surface area contributed by atoms with Crippen LogP contribution in [0.5, 0.6) is 0 Å². The van der Waals surface area contributed by atoms with E-state index in [1.165, 1.54) is 11.5 Å². The number of hydrogen-bond acceptors (Lipinski definition) is 5. The first-order valence-corrected chi connectivity index (χ1v) is 7.91. The van der Waals surface area contributed by atoms with Crippen LogP contribution >= 0.6 is 11.5 Å². The minimum Gasteiger partial charge on any atom is -0.334 e. The summed E-state index contributed by atoms with van der Waals surface area (Å²) in [7, 11) is 0. The fourth-order valence-corrected chi connectivity index (χ4v) is 3.80. The van der Waals surface area contributed by atoms with Crippen molar-refractivity contribution >= 4 is 23.3 Å². The summed E-state index contributed by atoms with van der Waals surface area (Å²) in [4.78, 5) is 29.3. The number of likely N-dealkylation sites (tertiary alicyclic amines) is 2. The van der Waals surface area contributed by atoms with Crippen LogP contribution in [0.1, 0.15) is 34.6 Å². The van der Waals surface area contributed by atoms with E-state index < -0.39 is 0 Å². The molecular formula is C14H18N4O2S. The molecule has 2 saturated heterocycles. The number of rotatable bonds is 3. The Bertz CT molecular complexity index is 585. The second kappa shape index (κ2) is 5.55. The number of piperidine rings is 1. The van der Waals surface area contributed by atoms with Gasteiger partial charge in [-0.05, 0) is 31.3 Å². The van der Waals surface area contributed by atoms with Crippen LogP contribution in [0, 0.1) is 6.92 Å². The summed E-state index contributed by atoms with van der Waals surface area (Å²) in [5.41, 5.74) is 0.452. The van der Waals surface area contributed by atoms with E-state index >= 15 is 0 Å². The summed E-state index contributed by atoms with van der Waals surface area (Å²) in [5.74, 6) is 0.110. The molecule has 0 aliphatic carbocycles. The molecule has 1 aromatic rings. The van der Waals surface area contributed by atoms with Gasteiger partial charge in [-0.15, -0.1) is 11.7 Å². The standard InChI is InChI=1S/C14H18N4O2S/c1-3-7-17-11-6-8-18(10(11)4-5-12(17)19)14(20)13-9(2)21-16-15-13/h3,10-11H,1,4-8H2,2H3/t10-,11-/m1/s1. The van der Waals surface area contributed by atoms with Crippen LogP contribution in [-0.4, -0.2) is 56.4 Å². The number of aryl methyl sites for hydroxylation is 1. The molecule has 2 aliphatic rings. The lowest BCUT2D eigenvalue weighted by Crippen LogP contribution is -2.53. The Morgan fingerprint density at radius 3 is 2.95 bits per heavy atom. The van der Waals surface area contributed by atoms with Crippen molar-refractivity contribution in [3.05, 3.63) is 23.2 Å². The minimum atomic E-state index is -0.0540. The molecule has 0 spiro atoms. The molecule has 2 atom stereocenters. The molecule has 3 rings (SSSR count). The molecule has 112 valence electrons. The maximum atomic E-state index is 12.6. The SMILES string of the molecule is C=CCN1C(=O)CC[C@@H]2[C@H]1CCN2C(=O)c1nnsc1C. The van der Waals surface area contributed by atoms with Gasteiger partial charge in [0.05, 0.1) is 17.0 Å². The van der Waals surface area contributed by atoms with Crippen molar-refractivity contribution in [3.8, 4) is 0 Å². The Labute approximate surface area is 127 Å². The Kier molecular flexibility index (Phi) is 3.75. The van der Waals surface area contributed by atoms with Crippen LogP contribution in [0.15, 0.2) is 12.7 Å². The maximum Gasteiger partial charge on any atom is 0.275 e. The third-order valence-electron chi connectivity index (χ3n) is 4.33. The third-order valence-corrected chi connectivity index (χ3v) is 4.96. The van der Waals surface area contributed by atoms with Crippen molar-refractivity contribution in [1.29, 1.82) is 0 Å². The van der Waals surface area contributed by atoms with Gasteiger partial charge in [-0.1, -0.05) is 10.6 Å². The molecular weight excluding hydrogens is 288 g/mol. The van der Waals surface area contributed by atoms with E-state index in [2.05, 4.69) is 16.2 Å². The molecule has 0 saturated carbocycles. The first kappa shape index (κ1) is 14.2. The lowest BCUT2D eigenvalue weighted by Gasteiger charge is -2.39. The van der Waals surface area contributed by atoms with Gasteiger partial charge in [0.1, 0.15) is 0 Å². The zero-order chi connectivity index (χ0) is 15.0. The highest BCUT2D eigenvalue weighted by atomic mass is 32.1. The first-order chi connectivity index (χ1) is 10.1. The molecule has 6 nitrogen and oxygen atoms in total. The fourth-order valence-electron chi connectivity index (χ4n) is 3.34. The van der Waals surface area contributed by atoms with Crippen LogP contribution in [0.3, 0.4) is 0 Å². The molecule has 2 fully saturated rings. The van der Waals surface area contributed by atoms with Gasteiger partial charge in [0.15, 0.2) is 5.69 Å².